The van der Waals surface area contributed by atoms with Crippen molar-refractivity contribution in [1.29, 1.82) is 0 Å². The van der Waals surface area contributed by atoms with Gasteiger partial charge in [0.25, 0.3) is 0 Å². The van der Waals surface area contributed by atoms with Crippen LogP contribution in [-0.2, 0) is 0 Å². The first-order chi connectivity index (χ1) is 8.04. The third-order valence-electron chi connectivity index (χ3n) is 2.17. The van der Waals surface area contributed by atoms with E-state index >= 15 is 0 Å². The molecule has 0 aromatic carbocycles. The topological polar surface area (TPSA) is 64.7 Å². The Kier molecular flexibility index (Phi) is 3.28. The predicted octanol–water partition coefficient (Wildman–Crippen LogP) is 2.53. The first-order valence-electron chi connectivity index (χ1n) is 5.27. The molecule has 0 atom stereocenters. The second-order valence-corrected chi connectivity index (χ2v) is 4.90. The highest BCUT2D eigenvalue weighted by molar-refractivity contribution is 7.99. The zero-order valence-corrected chi connectivity index (χ0v) is 10.9. The molecule has 0 aliphatic rings. The molecule has 2 heterocycles. The molecule has 0 amide bonds. The number of hydrogen-bond acceptors (Lipinski definition) is 5. The molecule has 0 radical (unpaired) electrons. The third-order valence-corrected chi connectivity index (χ3v) is 3.06. The van der Waals surface area contributed by atoms with Gasteiger partial charge in [-0.1, -0.05) is 0 Å². The zero-order chi connectivity index (χ0) is 12.4. The van der Waals surface area contributed by atoms with E-state index in [2.05, 4.69) is 15.0 Å². The summed E-state index contributed by atoms with van der Waals surface area (Å²) in [5.74, 6) is 0. The Morgan fingerprint density at radius 1 is 1.06 bits per heavy atom. The molecule has 0 aliphatic heterocycles. The van der Waals surface area contributed by atoms with E-state index in [1.807, 2.05) is 32.9 Å². The molecule has 2 N–H and O–H groups in total. The minimum absolute atomic E-state index is 0.665. The lowest BCUT2D eigenvalue weighted by molar-refractivity contribution is 0.899. The first-order valence-corrected chi connectivity index (χ1v) is 6.08. The Labute approximate surface area is 105 Å². The lowest BCUT2D eigenvalue weighted by atomic mass is 10.3. The Bertz CT molecular complexity index is 534. The number of nitrogen functional groups attached to an aromatic ring is 1. The van der Waals surface area contributed by atoms with Gasteiger partial charge in [0.2, 0.25) is 0 Å². The average molecular weight is 246 g/mol. The van der Waals surface area contributed by atoms with Crippen LogP contribution in [0.3, 0.4) is 0 Å². The van der Waals surface area contributed by atoms with E-state index in [1.165, 1.54) is 11.8 Å². The van der Waals surface area contributed by atoms with E-state index in [9.17, 15) is 0 Å². The van der Waals surface area contributed by atoms with Gasteiger partial charge in [0, 0.05) is 17.6 Å². The molecule has 2 aromatic heterocycles. The van der Waals surface area contributed by atoms with Gasteiger partial charge in [0.05, 0.1) is 5.69 Å². The predicted molar refractivity (Wildman–Crippen MR) is 69.0 cm³/mol. The van der Waals surface area contributed by atoms with E-state index in [-0.39, 0.29) is 0 Å². The van der Waals surface area contributed by atoms with Gasteiger partial charge >= 0.3 is 0 Å². The maximum Gasteiger partial charge on any atom is 0.194 e. The molecular weight excluding hydrogens is 232 g/mol. The summed E-state index contributed by atoms with van der Waals surface area (Å²) < 4.78 is 0. The maximum absolute atomic E-state index is 5.91. The van der Waals surface area contributed by atoms with Crippen molar-refractivity contribution in [2.24, 2.45) is 0 Å². The molecule has 2 aromatic rings. The molecule has 0 saturated carbocycles. The van der Waals surface area contributed by atoms with Gasteiger partial charge in [-0.3, -0.25) is 0 Å². The summed E-state index contributed by atoms with van der Waals surface area (Å²) in [4.78, 5) is 13.0. The SMILES string of the molecule is Cc1cnc(Sc2nc(C)cc(C)n2)c(N)c1. The second-order valence-electron chi connectivity index (χ2n) is 3.94. The lowest BCUT2D eigenvalue weighted by Crippen LogP contribution is -1.96. The molecule has 5 heteroatoms. The van der Waals surface area contributed by atoms with Crippen LogP contribution in [0.15, 0.2) is 28.5 Å². The van der Waals surface area contributed by atoms with Crippen LogP contribution in [0.1, 0.15) is 17.0 Å². The second kappa shape index (κ2) is 4.71. The Morgan fingerprint density at radius 3 is 2.29 bits per heavy atom. The van der Waals surface area contributed by atoms with Crippen molar-refractivity contribution >= 4 is 17.4 Å². The summed E-state index contributed by atoms with van der Waals surface area (Å²) in [6.45, 7) is 5.86. The fourth-order valence-corrected chi connectivity index (χ4v) is 2.32. The van der Waals surface area contributed by atoms with Crippen molar-refractivity contribution in [3.8, 4) is 0 Å². The van der Waals surface area contributed by atoms with E-state index < -0.39 is 0 Å². The van der Waals surface area contributed by atoms with Crippen molar-refractivity contribution in [3.05, 3.63) is 35.3 Å². The number of rotatable bonds is 2. The Balaban J connectivity index is 2.31. The number of pyridine rings is 1. The summed E-state index contributed by atoms with van der Waals surface area (Å²) in [6.07, 6.45) is 1.79. The monoisotopic (exact) mass is 246 g/mol. The van der Waals surface area contributed by atoms with E-state index in [0.29, 0.717) is 10.8 Å². The number of nitrogens with zero attached hydrogens (tertiary/aromatic N) is 3. The van der Waals surface area contributed by atoms with E-state index in [4.69, 9.17) is 5.73 Å². The van der Waals surface area contributed by atoms with Crippen LogP contribution in [0.25, 0.3) is 0 Å². The molecule has 0 fully saturated rings. The smallest absolute Gasteiger partial charge is 0.194 e. The molecule has 88 valence electrons. The molecule has 17 heavy (non-hydrogen) atoms. The Hall–Kier alpha value is -1.62. The van der Waals surface area contributed by atoms with Crippen LogP contribution in [0, 0.1) is 20.8 Å². The number of aryl methyl sites for hydroxylation is 3. The Morgan fingerprint density at radius 2 is 1.71 bits per heavy atom. The first kappa shape index (κ1) is 11.9. The van der Waals surface area contributed by atoms with Gasteiger partial charge < -0.3 is 5.73 Å². The number of hydrogen-bond donors (Lipinski definition) is 1. The summed E-state index contributed by atoms with van der Waals surface area (Å²) in [5, 5.41) is 1.44. The van der Waals surface area contributed by atoms with Gasteiger partial charge in [-0.2, -0.15) is 0 Å². The fraction of sp³-hybridized carbons (Fsp3) is 0.250. The van der Waals surface area contributed by atoms with Crippen LogP contribution < -0.4 is 5.73 Å². The minimum atomic E-state index is 0.665. The number of nitrogens with two attached hydrogens (primary N) is 1. The lowest BCUT2D eigenvalue weighted by Gasteiger charge is -2.05. The van der Waals surface area contributed by atoms with Gasteiger partial charge in [0.15, 0.2) is 5.16 Å². The molecule has 2 rings (SSSR count). The normalized spacial score (nSPS) is 10.5. The summed E-state index contributed by atoms with van der Waals surface area (Å²) in [7, 11) is 0. The van der Waals surface area contributed by atoms with Gasteiger partial charge in [-0.15, -0.1) is 0 Å². The molecule has 0 bridgehead atoms. The highest BCUT2D eigenvalue weighted by Crippen LogP contribution is 2.28. The molecule has 0 spiro atoms. The van der Waals surface area contributed by atoms with Crippen LogP contribution in [0.2, 0.25) is 0 Å². The van der Waals surface area contributed by atoms with Crippen molar-refractivity contribution in [2.45, 2.75) is 31.0 Å². The molecule has 4 nitrogen and oxygen atoms in total. The standard InChI is InChI=1S/C12H14N4S/c1-7-4-10(13)11(14-6-7)17-12-15-8(2)5-9(3)16-12/h4-6H,13H2,1-3H3. The van der Waals surface area contributed by atoms with Gasteiger partial charge in [-0.25, -0.2) is 15.0 Å². The molecule has 0 saturated heterocycles. The van der Waals surface area contributed by atoms with Gasteiger partial charge in [-0.05, 0) is 50.2 Å². The molecular formula is C12H14N4S. The van der Waals surface area contributed by atoms with Gasteiger partial charge in [0.1, 0.15) is 5.03 Å². The minimum Gasteiger partial charge on any atom is -0.397 e. The summed E-state index contributed by atoms with van der Waals surface area (Å²) >= 11 is 1.39. The van der Waals surface area contributed by atoms with Crippen molar-refractivity contribution in [2.75, 3.05) is 5.73 Å². The number of aromatic nitrogens is 3. The molecule has 0 aliphatic carbocycles. The van der Waals surface area contributed by atoms with Crippen LogP contribution in [-0.4, -0.2) is 15.0 Å². The zero-order valence-electron chi connectivity index (χ0n) is 10.1. The largest absolute Gasteiger partial charge is 0.397 e. The fourth-order valence-electron chi connectivity index (χ4n) is 1.49. The summed E-state index contributed by atoms with van der Waals surface area (Å²) in [6, 6.07) is 3.84. The molecule has 0 unspecified atom stereocenters. The third kappa shape index (κ3) is 2.94. The van der Waals surface area contributed by atoms with Crippen molar-refractivity contribution in [3.63, 3.8) is 0 Å². The highest BCUT2D eigenvalue weighted by atomic mass is 32.2. The van der Waals surface area contributed by atoms with E-state index in [1.54, 1.807) is 6.20 Å². The highest BCUT2D eigenvalue weighted by Gasteiger charge is 2.07. The number of anilines is 1. The van der Waals surface area contributed by atoms with Crippen molar-refractivity contribution < 1.29 is 0 Å². The average Bonchev–Trinajstić information content (AvgIpc) is 2.21. The summed E-state index contributed by atoms with van der Waals surface area (Å²) in [5.41, 5.74) is 9.52. The van der Waals surface area contributed by atoms with Crippen molar-refractivity contribution in [1.82, 2.24) is 15.0 Å². The van der Waals surface area contributed by atoms with Crippen LogP contribution in [0.4, 0.5) is 5.69 Å². The maximum atomic E-state index is 5.91. The van der Waals surface area contributed by atoms with E-state index in [0.717, 1.165) is 22.0 Å². The van der Waals surface area contributed by atoms with Crippen LogP contribution in [0.5, 0.6) is 0 Å². The van der Waals surface area contributed by atoms with Crippen LogP contribution >= 0.6 is 11.8 Å². The quantitative estimate of drug-likeness (QED) is 0.825.